The first-order valence-corrected chi connectivity index (χ1v) is 27.2. The zero-order valence-electron chi connectivity index (χ0n) is 41.5. The van der Waals surface area contributed by atoms with E-state index >= 15 is 0 Å². The molecule has 0 saturated carbocycles. The van der Waals surface area contributed by atoms with Gasteiger partial charge in [0.2, 0.25) is 0 Å². The van der Waals surface area contributed by atoms with E-state index in [0.717, 1.165) is 17.1 Å². The highest BCUT2D eigenvalue weighted by Gasteiger charge is 2.53. The molecule has 0 saturated heterocycles. The van der Waals surface area contributed by atoms with E-state index < -0.39 is 10.8 Å². The SMILES string of the molecule is c1ccc(-c2ccccc2C2(c3ccccc3-c3ccccc3)c3ccccc3-c3c(N(c4ccc5c(c4)sc4ccccc45)c4cccc5c4-c4ccccc4C54c5ccccc5-c5ccccc54)cccc32)cc1. The minimum absolute atomic E-state index is 0.501. The second kappa shape index (κ2) is 16.6. The fraction of sp³-hybridized carbons (Fsp3) is 0.0270. The van der Waals surface area contributed by atoms with E-state index in [1.165, 1.54) is 120 Å². The molecule has 12 aromatic carbocycles. The number of thiophene rings is 1. The molecule has 76 heavy (non-hydrogen) atoms. The van der Waals surface area contributed by atoms with Crippen LogP contribution in [-0.2, 0) is 10.8 Å². The van der Waals surface area contributed by atoms with Crippen molar-refractivity contribution in [2.24, 2.45) is 0 Å². The van der Waals surface area contributed by atoms with Crippen molar-refractivity contribution in [3.05, 3.63) is 330 Å². The highest BCUT2D eigenvalue weighted by atomic mass is 32.1. The number of hydrogen-bond acceptors (Lipinski definition) is 2. The van der Waals surface area contributed by atoms with Gasteiger partial charge in [0.15, 0.2) is 0 Å². The van der Waals surface area contributed by atoms with Crippen molar-refractivity contribution >= 4 is 48.6 Å². The summed E-state index contributed by atoms with van der Waals surface area (Å²) in [6, 6.07) is 107. The molecule has 354 valence electrons. The molecular formula is C74H47NS. The Bertz CT molecular complexity index is 4360. The lowest BCUT2D eigenvalue weighted by Gasteiger charge is -2.37. The number of fused-ring (bicyclic) bond motifs is 16. The summed E-state index contributed by atoms with van der Waals surface area (Å²) in [4.78, 5) is 2.63. The lowest BCUT2D eigenvalue weighted by Crippen LogP contribution is -2.30. The van der Waals surface area contributed by atoms with Crippen molar-refractivity contribution < 1.29 is 0 Å². The summed E-state index contributed by atoms with van der Waals surface area (Å²) < 4.78 is 2.56. The van der Waals surface area contributed by atoms with Crippen LogP contribution in [0.25, 0.3) is 75.8 Å². The first-order valence-electron chi connectivity index (χ1n) is 26.4. The van der Waals surface area contributed by atoms with Crippen molar-refractivity contribution in [1.82, 2.24) is 0 Å². The monoisotopic (exact) mass is 981 g/mol. The van der Waals surface area contributed by atoms with Gasteiger partial charge < -0.3 is 4.90 Å². The normalized spacial score (nSPS) is 13.7. The van der Waals surface area contributed by atoms with Gasteiger partial charge in [-0.1, -0.05) is 255 Å². The maximum absolute atomic E-state index is 2.63. The second-order valence-corrected chi connectivity index (χ2v) is 21.6. The molecule has 16 rings (SSSR count). The molecule has 0 amide bonds. The van der Waals surface area contributed by atoms with Gasteiger partial charge in [0.1, 0.15) is 0 Å². The molecule has 0 atom stereocenters. The Labute approximate surface area is 446 Å². The van der Waals surface area contributed by atoms with Gasteiger partial charge in [0, 0.05) is 37.0 Å². The molecule has 3 aliphatic rings. The van der Waals surface area contributed by atoms with Crippen LogP contribution in [0.1, 0.15) is 44.5 Å². The van der Waals surface area contributed by atoms with Crippen LogP contribution in [0, 0.1) is 0 Å². The Morgan fingerprint density at radius 1 is 0.250 bits per heavy atom. The highest BCUT2D eigenvalue weighted by Crippen LogP contribution is 2.67. The summed E-state index contributed by atoms with van der Waals surface area (Å²) in [6.07, 6.45) is 0. The first-order chi connectivity index (χ1) is 37.7. The number of anilines is 3. The van der Waals surface area contributed by atoms with Gasteiger partial charge in [0.25, 0.3) is 0 Å². The third-order valence-corrected chi connectivity index (χ3v) is 18.1. The summed E-state index contributed by atoms with van der Waals surface area (Å²) in [5.74, 6) is 0. The lowest BCUT2D eigenvalue weighted by molar-refractivity contribution is 0.772. The molecule has 3 aliphatic carbocycles. The minimum Gasteiger partial charge on any atom is -0.309 e. The fourth-order valence-electron chi connectivity index (χ4n) is 14.2. The van der Waals surface area contributed by atoms with E-state index in [0.29, 0.717) is 0 Å². The van der Waals surface area contributed by atoms with Gasteiger partial charge in [0.05, 0.1) is 22.2 Å². The molecule has 0 N–H and O–H groups in total. The van der Waals surface area contributed by atoms with Gasteiger partial charge >= 0.3 is 0 Å². The minimum atomic E-state index is -0.742. The van der Waals surface area contributed by atoms with Crippen LogP contribution in [0.2, 0.25) is 0 Å². The van der Waals surface area contributed by atoms with E-state index in [1.807, 2.05) is 11.3 Å². The smallest absolute Gasteiger partial charge is 0.0726 e. The standard InChI is InChI=1S/C74H47NS/c1-3-23-48(24-4-1)51-27-7-14-34-59(51)73(60-35-15-8-28-52(60)49-25-5-2-6-26-49)63-38-18-11-32-57(63)71-65(73)40-21-42-67(71)75(50-45-46-56-55-31-13-20-44-69(55)76-70(56)47-50)68-43-22-41-66-72(68)58-33-12-19-39-64(58)74(66)61-36-16-9-29-53(61)54-30-10-17-37-62(54)74/h1-47H. The van der Waals surface area contributed by atoms with E-state index in [4.69, 9.17) is 0 Å². The van der Waals surface area contributed by atoms with E-state index in [1.54, 1.807) is 0 Å². The van der Waals surface area contributed by atoms with Crippen LogP contribution in [0.5, 0.6) is 0 Å². The maximum atomic E-state index is 2.63. The largest absolute Gasteiger partial charge is 0.309 e. The fourth-order valence-corrected chi connectivity index (χ4v) is 15.3. The van der Waals surface area contributed by atoms with Gasteiger partial charge in [-0.3, -0.25) is 0 Å². The topological polar surface area (TPSA) is 3.24 Å². The van der Waals surface area contributed by atoms with Crippen LogP contribution in [-0.4, -0.2) is 0 Å². The van der Waals surface area contributed by atoms with Crippen molar-refractivity contribution in [2.75, 3.05) is 4.90 Å². The molecule has 0 radical (unpaired) electrons. The Hall–Kier alpha value is -9.34. The van der Waals surface area contributed by atoms with Gasteiger partial charge in [-0.2, -0.15) is 0 Å². The zero-order chi connectivity index (χ0) is 50.0. The predicted octanol–water partition coefficient (Wildman–Crippen LogP) is 19.6. The number of rotatable bonds is 7. The summed E-state index contributed by atoms with van der Waals surface area (Å²) in [5, 5.41) is 2.58. The van der Waals surface area contributed by atoms with Crippen LogP contribution < -0.4 is 4.90 Å². The Kier molecular flexibility index (Phi) is 9.40. The van der Waals surface area contributed by atoms with Crippen molar-refractivity contribution in [2.45, 2.75) is 10.8 Å². The Morgan fingerprint density at radius 2 is 0.605 bits per heavy atom. The van der Waals surface area contributed by atoms with Crippen LogP contribution in [0.15, 0.2) is 285 Å². The van der Waals surface area contributed by atoms with E-state index in [9.17, 15) is 0 Å². The average molecular weight is 982 g/mol. The molecular weight excluding hydrogens is 935 g/mol. The van der Waals surface area contributed by atoms with Crippen LogP contribution >= 0.6 is 11.3 Å². The van der Waals surface area contributed by atoms with Crippen LogP contribution in [0.3, 0.4) is 0 Å². The summed E-state index contributed by atoms with van der Waals surface area (Å²) in [5.41, 5.74) is 24.9. The summed E-state index contributed by atoms with van der Waals surface area (Å²) in [6.45, 7) is 0. The molecule has 1 heterocycles. The van der Waals surface area contributed by atoms with Crippen molar-refractivity contribution in [3.63, 3.8) is 0 Å². The lowest BCUT2D eigenvalue weighted by atomic mass is 9.64. The summed E-state index contributed by atoms with van der Waals surface area (Å²) >= 11 is 1.88. The maximum Gasteiger partial charge on any atom is 0.0726 e. The van der Waals surface area contributed by atoms with E-state index in [-0.39, 0.29) is 0 Å². The van der Waals surface area contributed by atoms with Crippen molar-refractivity contribution in [1.29, 1.82) is 0 Å². The molecule has 1 nitrogen and oxygen atoms in total. The highest BCUT2D eigenvalue weighted by molar-refractivity contribution is 7.25. The Balaban J connectivity index is 1.04. The van der Waals surface area contributed by atoms with Gasteiger partial charge in [-0.25, -0.2) is 0 Å². The Morgan fingerprint density at radius 3 is 1.09 bits per heavy atom. The number of nitrogens with zero attached hydrogens (tertiary/aromatic N) is 1. The third kappa shape index (κ3) is 5.79. The van der Waals surface area contributed by atoms with E-state index in [2.05, 4.69) is 290 Å². The number of benzene rings is 12. The molecule has 1 spiro atoms. The zero-order valence-corrected chi connectivity index (χ0v) is 42.3. The van der Waals surface area contributed by atoms with Crippen molar-refractivity contribution in [3.8, 4) is 55.6 Å². The average Bonchev–Trinajstić information content (AvgIpc) is 4.22. The molecule has 0 fully saturated rings. The molecule has 13 aromatic rings. The second-order valence-electron chi connectivity index (χ2n) is 20.5. The van der Waals surface area contributed by atoms with Gasteiger partial charge in [-0.05, 0) is 119 Å². The molecule has 0 unspecified atom stereocenters. The first kappa shape index (κ1) is 43.1. The predicted molar refractivity (Wildman–Crippen MR) is 318 cm³/mol. The van der Waals surface area contributed by atoms with Gasteiger partial charge in [-0.15, -0.1) is 11.3 Å². The summed E-state index contributed by atoms with van der Waals surface area (Å²) in [7, 11) is 0. The molecule has 2 heteroatoms. The number of hydrogen-bond donors (Lipinski definition) is 0. The molecule has 0 aliphatic heterocycles. The molecule has 1 aromatic heterocycles. The third-order valence-electron chi connectivity index (χ3n) is 17.0. The molecule has 0 bridgehead atoms. The quantitative estimate of drug-likeness (QED) is 0.154. The van der Waals surface area contributed by atoms with Crippen LogP contribution in [0.4, 0.5) is 17.1 Å².